The zero-order chi connectivity index (χ0) is 23.3. The highest BCUT2D eigenvalue weighted by molar-refractivity contribution is 5.94. The highest BCUT2D eigenvalue weighted by Crippen LogP contribution is 2.24. The summed E-state index contributed by atoms with van der Waals surface area (Å²) in [6, 6.07) is 12.4. The van der Waals surface area contributed by atoms with Gasteiger partial charge in [-0.1, -0.05) is 32.4 Å². The average Bonchev–Trinajstić information content (AvgIpc) is 2.80. The summed E-state index contributed by atoms with van der Waals surface area (Å²) < 4.78 is 1.66. The quantitative estimate of drug-likeness (QED) is 0.357. The van der Waals surface area contributed by atoms with Crippen LogP contribution in [-0.4, -0.2) is 31.8 Å². The molecule has 1 amide bonds. The van der Waals surface area contributed by atoms with Gasteiger partial charge in [0.1, 0.15) is 5.82 Å². The lowest BCUT2D eigenvalue weighted by Crippen LogP contribution is -2.38. The fraction of sp³-hybridized carbons (Fsp3) is 0.375. The zero-order valence-electron chi connectivity index (χ0n) is 18.7. The van der Waals surface area contributed by atoms with Crippen molar-refractivity contribution in [1.29, 1.82) is 0 Å². The lowest BCUT2D eigenvalue weighted by Gasteiger charge is -2.30. The number of amides is 1. The molecular formula is C24H28N4O4. The molecule has 0 aliphatic carbocycles. The fourth-order valence-electron chi connectivity index (χ4n) is 3.77. The number of hydrogen-bond donors (Lipinski definition) is 0. The Balaban J connectivity index is 2.07. The normalized spacial score (nSPS) is 12.0. The highest BCUT2D eigenvalue weighted by Gasteiger charge is 2.27. The van der Waals surface area contributed by atoms with Crippen LogP contribution in [0.15, 0.2) is 53.3 Å². The van der Waals surface area contributed by atoms with Crippen LogP contribution in [0.3, 0.4) is 0 Å². The van der Waals surface area contributed by atoms with E-state index in [1.165, 1.54) is 24.3 Å². The Morgan fingerprint density at radius 3 is 2.44 bits per heavy atom. The second-order valence-corrected chi connectivity index (χ2v) is 7.78. The van der Waals surface area contributed by atoms with Gasteiger partial charge in [-0.3, -0.25) is 24.3 Å². The molecular weight excluding hydrogens is 408 g/mol. The summed E-state index contributed by atoms with van der Waals surface area (Å²) in [7, 11) is 0. The third-order valence-electron chi connectivity index (χ3n) is 5.52. The molecule has 8 nitrogen and oxygen atoms in total. The fourth-order valence-corrected chi connectivity index (χ4v) is 3.77. The molecule has 168 valence electrons. The Kier molecular flexibility index (Phi) is 7.35. The van der Waals surface area contributed by atoms with E-state index >= 15 is 0 Å². The topological polar surface area (TPSA) is 98.3 Å². The van der Waals surface area contributed by atoms with Crippen LogP contribution in [-0.2, 0) is 6.54 Å². The molecule has 8 heteroatoms. The summed E-state index contributed by atoms with van der Waals surface area (Å²) >= 11 is 0. The van der Waals surface area contributed by atoms with E-state index in [9.17, 15) is 19.7 Å². The van der Waals surface area contributed by atoms with Crippen molar-refractivity contribution in [2.45, 2.75) is 52.6 Å². The summed E-state index contributed by atoms with van der Waals surface area (Å²) in [6.07, 6.45) is 2.43. The Bertz CT molecular complexity index is 1170. The smallest absolute Gasteiger partial charge is 0.269 e. The molecule has 0 saturated carbocycles. The second kappa shape index (κ2) is 10.2. The maximum atomic E-state index is 13.4. The van der Waals surface area contributed by atoms with Crippen LogP contribution in [0, 0.1) is 10.1 Å². The number of para-hydroxylation sites is 1. The van der Waals surface area contributed by atoms with Gasteiger partial charge in [0, 0.05) is 30.8 Å². The lowest BCUT2D eigenvalue weighted by atomic mass is 10.1. The molecule has 0 radical (unpaired) electrons. The van der Waals surface area contributed by atoms with E-state index in [2.05, 4.69) is 0 Å². The Morgan fingerprint density at radius 2 is 1.81 bits per heavy atom. The van der Waals surface area contributed by atoms with Gasteiger partial charge in [0.05, 0.1) is 21.9 Å². The van der Waals surface area contributed by atoms with Gasteiger partial charge in [-0.2, -0.15) is 0 Å². The predicted molar refractivity (Wildman–Crippen MR) is 124 cm³/mol. The van der Waals surface area contributed by atoms with E-state index in [0.717, 1.165) is 19.3 Å². The van der Waals surface area contributed by atoms with Crippen LogP contribution in [0.2, 0.25) is 0 Å². The number of unbranched alkanes of at least 4 members (excludes halogenated alkanes) is 1. The third kappa shape index (κ3) is 4.69. The van der Waals surface area contributed by atoms with E-state index < -0.39 is 11.0 Å². The number of carbonyl (C=O) groups is 1. The largest absolute Gasteiger partial charge is 0.329 e. The van der Waals surface area contributed by atoms with Crippen LogP contribution in [0.4, 0.5) is 5.69 Å². The van der Waals surface area contributed by atoms with Crippen molar-refractivity contribution in [3.8, 4) is 0 Å². The molecule has 1 aromatic heterocycles. The molecule has 2 aromatic carbocycles. The Morgan fingerprint density at radius 1 is 1.12 bits per heavy atom. The molecule has 0 bridgehead atoms. The number of nitro benzene ring substituents is 1. The van der Waals surface area contributed by atoms with Gasteiger partial charge in [-0.15, -0.1) is 0 Å². The van der Waals surface area contributed by atoms with E-state index in [1.54, 1.807) is 21.6 Å². The summed E-state index contributed by atoms with van der Waals surface area (Å²) in [5, 5.41) is 11.5. The summed E-state index contributed by atoms with van der Waals surface area (Å²) in [5.41, 5.74) is 0.786. The van der Waals surface area contributed by atoms with Gasteiger partial charge < -0.3 is 4.90 Å². The van der Waals surface area contributed by atoms with Crippen LogP contribution >= 0.6 is 0 Å². The van der Waals surface area contributed by atoms with Crippen molar-refractivity contribution in [1.82, 2.24) is 14.5 Å². The number of nitrogens with zero attached hydrogens (tertiary/aromatic N) is 4. The van der Waals surface area contributed by atoms with Gasteiger partial charge in [0.25, 0.3) is 17.2 Å². The predicted octanol–water partition coefficient (Wildman–Crippen LogP) is 4.72. The first-order chi connectivity index (χ1) is 15.4. The standard InChI is InChI=1S/C24H28N4O4/c1-4-6-16-26(23(29)18-11-13-19(14-12-18)28(31)32)17(3)22-25-21-10-8-7-9-20(21)24(30)27(22)15-5-2/h7-14,17H,4-6,15-16H2,1-3H3. The molecule has 3 aromatic rings. The molecule has 0 N–H and O–H groups in total. The molecule has 0 fully saturated rings. The van der Waals surface area contributed by atoms with Crippen LogP contribution < -0.4 is 5.56 Å². The number of nitro groups is 1. The second-order valence-electron chi connectivity index (χ2n) is 7.78. The third-order valence-corrected chi connectivity index (χ3v) is 5.52. The minimum atomic E-state index is -0.492. The first-order valence-corrected chi connectivity index (χ1v) is 10.9. The van der Waals surface area contributed by atoms with Crippen molar-refractivity contribution in [3.63, 3.8) is 0 Å². The van der Waals surface area contributed by atoms with Gasteiger partial charge in [-0.05, 0) is 44.0 Å². The maximum Gasteiger partial charge on any atom is 0.269 e. The van der Waals surface area contributed by atoms with Crippen molar-refractivity contribution < 1.29 is 9.72 Å². The number of carbonyl (C=O) groups excluding carboxylic acids is 1. The molecule has 1 unspecified atom stereocenters. The van der Waals surface area contributed by atoms with Gasteiger partial charge in [0.15, 0.2) is 0 Å². The van der Waals surface area contributed by atoms with Crippen molar-refractivity contribution in [3.05, 3.63) is 80.4 Å². The number of non-ortho nitro benzene ring substituents is 1. The highest BCUT2D eigenvalue weighted by atomic mass is 16.6. The summed E-state index contributed by atoms with van der Waals surface area (Å²) in [4.78, 5) is 43.5. The number of fused-ring (bicyclic) bond motifs is 1. The molecule has 32 heavy (non-hydrogen) atoms. The lowest BCUT2D eigenvalue weighted by molar-refractivity contribution is -0.384. The van der Waals surface area contributed by atoms with Crippen LogP contribution in [0.1, 0.15) is 62.3 Å². The maximum absolute atomic E-state index is 13.4. The Hall–Kier alpha value is -3.55. The number of benzene rings is 2. The van der Waals surface area contributed by atoms with Crippen LogP contribution in [0.25, 0.3) is 10.9 Å². The van der Waals surface area contributed by atoms with Crippen molar-refractivity contribution in [2.24, 2.45) is 0 Å². The van der Waals surface area contributed by atoms with Gasteiger partial charge in [-0.25, -0.2) is 4.98 Å². The minimum absolute atomic E-state index is 0.0670. The van der Waals surface area contributed by atoms with Crippen LogP contribution in [0.5, 0.6) is 0 Å². The molecule has 1 heterocycles. The number of aromatic nitrogens is 2. The molecule has 0 aliphatic rings. The summed E-state index contributed by atoms with van der Waals surface area (Å²) in [5.74, 6) is 0.299. The first kappa shape index (κ1) is 23.1. The zero-order valence-corrected chi connectivity index (χ0v) is 18.7. The van der Waals surface area contributed by atoms with Crippen molar-refractivity contribution >= 4 is 22.5 Å². The molecule has 3 rings (SSSR count). The Labute approximate surface area is 186 Å². The van der Waals surface area contributed by atoms with Gasteiger partial charge in [0.2, 0.25) is 0 Å². The number of rotatable bonds is 9. The number of hydrogen-bond acceptors (Lipinski definition) is 5. The van der Waals surface area contributed by atoms with E-state index in [-0.39, 0.29) is 17.2 Å². The molecule has 0 saturated heterocycles. The van der Waals surface area contributed by atoms with Gasteiger partial charge >= 0.3 is 0 Å². The molecule has 0 spiro atoms. The summed E-state index contributed by atoms with van der Waals surface area (Å²) in [6.45, 7) is 6.90. The van der Waals surface area contributed by atoms with E-state index in [4.69, 9.17) is 4.98 Å². The van der Waals surface area contributed by atoms with Crippen molar-refractivity contribution in [2.75, 3.05) is 6.54 Å². The monoisotopic (exact) mass is 436 g/mol. The molecule has 0 aliphatic heterocycles. The molecule has 1 atom stereocenters. The van der Waals surface area contributed by atoms with E-state index in [1.807, 2.05) is 32.9 Å². The first-order valence-electron chi connectivity index (χ1n) is 10.9. The minimum Gasteiger partial charge on any atom is -0.329 e. The van der Waals surface area contributed by atoms with E-state index in [0.29, 0.717) is 35.4 Å². The SMILES string of the molecule is CCCCN(C(=O)c1ccc([N+](=O)[O-])cc1)C(C)c1nc2ccccc2c(=O)n1CCC. The average molecular weight is 437 g/mol.